The zero-order valence-electron chi connectivity index (χ0n) is 15.8. The number of aromatic nitrogens is 2. The molecule has 1 heterocycles. The van der Waals surface area contributed by atoms with E-state index >= 15 is 0 Å². The van der Waals surface area contributed by atoms with Gasteiger partial charge in [-0.05, 0) is 73.1 Å². The van der Waals surface area contributed by atoms with Crippen molar-refractivity contribution in [3.8, 4) is 5.75 Å². The number of fused-ring (bicyclic) bond motifs is 5. The lowest BCUT2D eigenvalue weighted by Gasteiger charge is -2.50. The minimum absolute atomic E-state index is 0.171. The van der Waals surface area contributed by atoms with Crippen molar-refractivity contribution in [3.05, 3.63) is 47.2 Å². The van der Waals surface area contributed by atoms with E-state index in [0.29, 0.717) is 17.7 Å². The minimum Gasteiger partial charge on any atom is -0.497 e. The van der Waals surface area contributed by atoms with E-state index in [1.54, 1.807) is 12.7 Å². The molecule has 4 atom stereocenters. The normalized spacial score (nSPS) is 32.4. The van der Waals surface area contributed by atoms with Crippen LogP contribution in [0.5, 0.6) is 5.75 Å². The Morgan fingerprint density at radius 1 is 1.23 bits per heavy atom. The molecule has 1 fully saturated rings. The highest BCUT2D eigenvalue weighted by Crippen LogP contribution is 2.63. The van der Waals surface area contributed by atoms with Gasteiger partial charge in [0.25, 0.3) is 0 Å². The van der Waals surface area contributed by atoms with Crippen LogP contribution in [0.1, 0.15) is 61.4 Å². The molecule has 0 saturated heterocycles. The second-order valence-electron chi connectivity index (χ2n) is 8.42. The molecule has 26 heavy (non-hydrogen) atoms. The van der Waals surface area contributed by atoms with Crippen LogP contribution in [-0.2, 0) is 6.42 Å². The lowest BCUT2D eigenvalue weighted by atomic mass is 9.54. The van der Waals surface area contributed by atoms with E-state index < -0.39 is 0 Å². The van der Waals surface area contributed by atoms with Crippen molar-refractivity contribution in [1.82, 2.24) is 10.2 Å². The molecule has 1 saturated carbocycles. The van der Waals surface area contributed by atoms with E-state index in [4.69, 9.17) is 9.15 Å². The molecule has 0 spiro atoms. The highest BCUT2D eigenvalue weighted by molar-refractivity contribution is 5.67. The number of rotatable bonds is 2. The second kappa shape index (κ2) is 5.70. The topological polar surface area (TPSA) is 48.2 Å². The fourth-order valence-corrected chi connectivity index (χ4v) is 5.99. The highest BCUT2D eigenvalue weighted by Gasteiger charge is 2.53. The van der Waals surface area contributed by atoms with Gasteiger partial charge in [-0.2, -0.15) is 0 Å². The van der Waals surface area contributed by atoms with Crippen molar-refractivity contribution in [3.63, 3.8) is 0 Å². The molecule has 0 radical (unpaired) electrons. The number of allylic oxidation sites excluding steroid dienone is 2. The van der Waals surface area contributed by atoms with Gasteiger partial charge in [0.05, 0.1) is 7.11 Å². The van der Waals surface area contributed by atoms with E-state index in [9.17, 15) is 0 Å². The maximum Gasteiger partial charge on any atom is 0.243 e. The zero-order chi connectivity index (χ0) is 17.9. The summed E-state index contributed by atoms with van der Waals surface area (Å²) in [6.07, 6.45) is 8.38. The first-order valence-corrected chi connectivity index (χ1v) is 9.78. The van der Waals surface area contributed by atoms with Gasteiger partial charge in [0.1, 0.15) is 5.75 Å². The minimum atomic E-state index is 0.171. The summed E-state index contributed by atoms with van der Waals surface area (Å²) in [4.78, 5) is 0. The van der Waals surface area contributed by atoms with Gasteiger partial charge in [0.15, 0.2) is 0 Å². The van der Waals surface area contributed by atoms with E-state index in [1.807, 2.05) is 6.92 Å². The van der Waals surface area contributed by atoms with Gasteiger partial charge in [-0.15, -0.1) is 10.2 Å². The van der Waals surface area contributed by atoms with Crippen LogP contribution in [0.25, 0.3) is 5.57 Å². The number of benzene rings is 1. The van der Waals surface area contributed by atoms with Gasteiger partial charge in [0, 0.05) is 17.9 Å². The van der Waals surface area contributed by atoms with Crippen molar-refractivity contribution in [2.45, 2.75) is 51.9 Å². The Bertz CT molecular complexity index is 884. The van der Waals surface area contributed by atoms with Gasteiger partial charge < -0.3 is 9.15 Å². The molecule has 0 amide bonds. The SMILES string of the molecule is COc1ccc2c(c1)CC[C@@H]1[C@@H]2CC[C@]2(C)C(c3nnc(C)o3)=CC[C@@H]12. The summed E-state index contributed by atoms with van der Waals surface area (Å²) in [6, 6.07) is 6.70. The van der Waals surface area contributed by atoms with Crippen LogP contribution in [0.15, 0.2) is 28.7 Å². The Hall–Kier alpha value is -2.10. The van der Waals surface area contributed by atoms with Crippen molar-refractivity contribution in [2.75, 3.05) is 7.11 Å². The van der Waals surface area contributed by atoms with Gasteiger partial charge in [-0.3, -0.25) is 0 Å². The first-order valence-electron chi connectivity index (χ1n) is 9.78. The molecule has 0 bridgehead atoms. The Kier molecular flexibility index (Phi) is 3.53. The molecule has 3 aliphatic carbocycles. The summed E-state index contributed by atoms with van der Waals surface area (Å²) in [6.45, 7) is 4.30. The van der Waals surface area contributed by atoms with Crippen LogP contribution in [0.3, 0.4) is 0 Å². The van der Waals surface area contributed by atoms with Crippen molar-refractivity contribution < 1.29 is 9.15 Å². The van der Waals surface area contributed by atoms with Gasteiger partial charge in [-0.1, -0.05) is 19.1 Å². The Balaban J connectivity index is 1.47. The number of methoxy groups -OCH3 is 1. The van der Waals surface area contributed by atoms with Crippen LogP contribution in [0.4, 0.5) is 0 Å². The summed E-state index contributed by atoms with van der Waals surface area (Å²) in [5.74, 6) is 4.49. The van der Waals surface area contributed by atoms with E-state index in [2.05, 4.69) is 41.4 Å². The molecule has 4 heteroatoms. The summed E-state index contributed by atoms with van der Waals surface area (Å²) >= 11 is 0. The number of aryl methyl sites for hydroxylation is 2. The average Bonchev–Trinajstić information content (AvgIpc) is 3.23. The van der Waals surface area contributed by atoms with Gasteiger partial charge in [0.2, 0.25) is 11.8 Å². The Labute approximate surface area is 154 Å². The quantitative estimate of drug-likeness (QED) is 0.770. The zero-order valence-corrected chi connectivity index (χ0v) is 15.8. The third kappa shape index (κ3) is 2.20. The molecule has 1 aromatic carbocycles. The second-order valence-corrected chi connectivity index (χ2v) is 8.42. The Morgan fingerprint density at radius 3 is 2.88 bits per heavy atom. The van der Waals surface area contributed by atoms with Crippen LogP contribution in [-0.4, -0.2) is 17.3 Å². The van der Waals surface area contributed by atoms with Crippen molar-refractivity contribution >= 4 is 5.57 Å². The number of hydrogen-bond acceptors (Lipinski definition) is 4. The standard InChI is InChI=1S/C22H26N2O2/c1-13-23-24-21(26-13)20-9-8-19-18-6-4-14-12-15(25-3)5-7-16(14)17(18)10-11-22(19,20)2/h5,7,9,12,17-19H,4,6,8,10-11H2,1-3H3/t17-,18-,19+,22+/m1/s1. The molecule has 3 aliphatic rings. The van der Waals surface area contributed by atoms with E-state index in [0.717, 1.165) is 30.4 Å². The molecule has 0 N–H and O–H groups in total. The molecular formula is C22H26N2O2. The first kappa shape index (κ1) is 16.1. The predicted molar refractivity (Wildman–Crippen MR) is 100 cm³/mol. The summed E-state index contributed by atoms with van der Waals surface area (Å²) in [7, 11) is 1.75. The molecular weight excluding hydrogens is 324 g/mol. The highest BCUT2D eigenvalue weighted by atomic mass is 16.5. The third-order valence-electron chi connectivity index (χ3n) is 7.27. The summed E-state index contributed by atoms with van der Waals surface area (Å²) < 4.78 is 11.2. The third-order valence-corrected chi connectivity index (χ3v) is 7.27. The number of nitrogens with zero attached hydrogens (tertiary/aromatic N) is 2. The van der Waals surface area contributed by atoms with Crippen LogP contribution < -0.4 is 4.74 Å². The molecule has 2 aromatic rings. The molecule has 0 unspecified atom stereocenters. The summed E-state index contributed by atoms with van der Waals surface area (Å²) in [5, 5.41) is 8.38. The maximum atomic E-state index is 5.80. The first-order chi connectivity index (χ1) is 12.6. The number of ether oxygens (including phenoxy) is 1. The summed E-state index contributed by atoms with van der Waals surface area (Å²) in [5.41, 5.74) is 4.52. The van der Waals surface area contributed by atoms with Crippen molar-refractivity contribution in [1.29, 1.82) is 0 Å². The monoisotopic (exact) mass is 350 g/mol. The Morgan fingerprint density at radius 2 is 2.12 bits per heavy atom. The van der Waals surface area contributed by atoms with Crippen LogP contribution in [0, 0.1) is 24.2 Å². The fraction of sp³-hybridized carbons (Fsp3) is 0.545. The smallest absolute Gasteiger partial charge is 0.243 e. The largest absolute Gasteiger partial charge is 0.497 e. The average molecular weight is 350 g/mol. The van der Waals surface area contributed by atoms with E-state index in [-0.39, 0.29) is 5.41 Å². The lowest BCUT2D eigenvalue weighted by Crippen LogP contribution is -2.40. The van der Waals surface area contributed by atoms with Crippen LogP contribution >= 0.6 is 0 Å². The molecule has 5 rings (SSSR count). The van der Waals surface area contributed by atoms with Crippen molar-refractivity contribution in [2.24, 2.45) is 17.3 Å². The van der Waals surface area contributed by atoms with E-state index in [1.165, 1.54) is 30.4 Å². The van der Waals surface area contributed by atoms with Gasteiger partial charge in [-0.25, -0.2) is 0 Å². The molecule has 0 aliphatic heterocycles. The van der Waals surface area contributed by atoms with Gasteiger partial charge >= 0.3 is 0 Å². The maximum absolute atomic E-state index is 5.80. The predicted octanol–water partition coefficient (Wildman–Crippen LogP) is 4.94. The lowest BCUT2D eigenvalue weighted by molar-refractivity contribution is 0.0872. The number of hydrogen-bond donors (Lipinski definition) is 0. The molecule has 4 nitrogen and oxygen atoms in total. The molecule has 1 aromatic heterocycles. The molecule has 136 valence electrons. The van der Waals surface area contributed by atoms with Crippen LogP contribution in [0.2, 0.25) is 0 Å². The fourth-order valence-electron chi connectivity index (χ4n) is 5.99.